The number of ether oxygens (including phenoxy) is 4. The van der Waals surface area contributed by atoms with E-state index in [1.807, 2.05) is 24.3 Å². The molecular weight excluding hydrogens is 465 g/mol. The smallest absolute Gasteiger partial charge is 0.306 e. The molecule has 0 spiro atoms. The molecule has 6 rings (SSSR count). The summed E-state index contributed by atoms with van der Waals surface area (Å²) >= 11 is 0. The molecule has 1 aliphatic carbocycles. The number of aryl methyl sites for hydroxylation is 1. The number of carbonyl (C=O) groups is 1. The predicted octanol–water partition coefficient (Wildman–Crippen LogP) is 6.17. The molecule has 2 atom stereocenters. The Labute approximate surface area is 206 Å². The first-order chi connectivity index (χ1) is 17.5. The second-order valence-electron chi connectivity index (χ2n) is 9.04. The molecule has 7 nitrogen and oxygen atoms in total. The van der Waals surface area contributed by atoms with Gasteiger partial charge in [0.1, 0.15) is 40.4 Å². The van der Waals surface area contributed by atoms with Gasteiger partial charge < -0.3 is 23.4 Å². The molecule has 4 aromatic rings. The van der Waals surface area contributed by atoms with Gasteiger partial charge in [-0.2, -0.15) is 0 Å². The molecule has 0 fully saturated rings. The molecule has 0 N–H and O–H groups in total. The van der Waals surface area contributed by atoms with Gasteiger partial charge in [-0.3, -0.25) is 4.79 Å². The van der Waals surface area contributed by atoms with Crippen molar-refractivity contribution in [1.82, 2.24) is 4.98 Å². The maximum atomic E-state index is 15.0. The zero-order valence-electron chi connectivity index (χ0n) is 19.9. The van der Waals surface area contributed by atoms with E-state index >= 15 is 0 Å². The summed E-state index contributed by atoms with van der Waals surface area (Å²) in [7, 11) is 1.38. The molecule has 1 unspecified atom stereocenters. The summed E-state index contributed by atoms with van der Waals surface area (Å²) < 4.78 is 43.5. The summed E-state index contributed by atoms with van der Waals surface area (Å²) in [5.74, 6) is 2.38. The second-order valence-corrected chi connectivity index (χ2v) is 9.04. The van der Waals surface area contributed by atoms with Crippen LogP contribution in [-0.2, 0) is 16.0 Å². The molecule has 0 radical (unpaired) electrons. The molecule has 184 valence electrons. The Morgan fingerprint density at radius 2 is 2.00 bits per heavy atom. The fourth-order valence-electron chi connectivity index (χ4n) is 5.01. The summed E-state index contributed by atoms with van der Waals surface area (Å²) in [6, 6.07) is 14.0. The largest absolute Gasteiger partial charge is 0.492 e. The van der Waals surface area contributed by atoms with E-state index in [-0.39, 0.29) is 24.1 Å². The number of fused-ring (bicyclic) bond motifs is 3. The van der Waals surface area contributed by atoms with E-state index in [0.29, 0.717) is 59.5 Å². The van der Waals surface area contributed by atoms with E-state index in [4.69, 9.17) is 23.4 Å². The average Bonchev–Trinajstić information content (AvgIpc) is 3.57. The van der Waals surface area contributed by atoms with E-state index in [0.717, 1.165) is 16.6 Å². The molecule has 3 aromatic carbocycles. The maximum Gasteiger partial charge on any atom is 0.306 e. The van der Waals surface area contributed by atoms with Gasteiger partial charge in [0, 0.05) is 41.7 Å². The highest BCUT2D eigenvalue weighted by Crippen LogP contribution is 2.44. The number of halogens is 1. The molecule has 8 heteroatoms. The van der Waals surface area contributed by atoms with Crippen molar-refractivity contribution in [2.24, 2.45) is 0 Å². The fourth-order valence-corrected chi connectivity index (χ4v) is 5.01. The number of hydrogen-bond donors (Lipinski definition) is 0. The number of carbonyl (C=O) groups excluding carboxylic acids is 1. The van der Waals surface area contributed by atoms with Gasteiger partial charge in [-0.15, -0.1) is 0 Å². The maximum absolute atomic E-state index is 15.0. The van der Waals surface area contributed by atoms with Crippen LogP contribution in [0.2, 0.25) is 0 Å². The van der Waals surface area contributed by atoms with Gasteiger partial charge >= 0.3 is 5.97 Å². The van der Waals surface area contributed by atoms with E-state index in [9.17, 15) is 9.18 Å². The molecule has 1 aromatic heterocycles. The van der Waals surface area contributed by atoms with Gasteiger partial charge in [0.2, 0.25) is 0 Å². The van der Waals surface area contributed by atoms with Crippen LogP contribution < -0.4 is 14.2 Å². The van der Waals surface area contributed by atoms with E-state index in [2.05, 4.69) is 4.98 Å². The van der Waals surface area contributed by atoms with Gasteiger partial charge in [0.15, 0.2) is 11.5 Å². The molecule has 0 saturated carbocycles. The van der Waals surface area contributed by atoms with Gasteiger partial charge in [0.25, 0.3) is 0 Å². The topological polar surface area (TPSA) is 80.0 Å². The third-order valence-electron chi connectivity index (χ3n) is 6.72. The zero-order valence-corrected chi connectivity index (χ0v) is 19.9. The molecule has 0 saturated heterocycles. The number of benzene rings is 3. The van der Waals surface area contributed by atoms with Crippen molar-refractivity contribution in [2.75, 3.05) is 13.7 Å². The molecule has 36 heavy (non-hydrogen) atoms. The first-order valence-electron chi connectivity index (χ1n) is 11.8. The Morgan fingerprint density at radius 1 is 1.14 bits per heavy atom. The zero-order chi connectivity index (χ0) is 24.8. The lowest BCUT2D eigenvalue weighted by atomic mass is 9.98. The van der Waals surface area contributed by atoms with Crippen LogP contribution in [0.5, 0.6) is 23.0 Å². The van der Waals surface area contributed by atoms with E-state index in [1.54, 1.807) is 25.1 Å². The number of methoxy groups -OCH3 is 1. The Morgan fingerprint density at radius 3 is 2.86 bits per heavy atom. The number of hydrogen-bond acceptors (Lipinski definition) is 7. The summed E-state index contributed by atoms with van der Waals surface area (Å²) in [6.07, 6.45) is 1.06. The van der Waals surface area contributed by atoms with Crippen molar-refractivity contribution in [1.29, 1.82) is 0 Å². The van der Waals surface area contributed by atoms with Crippen LogP contribution in [0.3, 0.4) is 0 Å². The second kappa shape index (κ2) is 8.86. The lowest BCUT2D eigenvalue weighted by Gasteiger charge is -2.17. The molecule has 0 amide bonds. The quantitative estimate of drug-likeness (QED) is 0.300. The Balaban J connectivity index is 1.22. The van der Waals surface area contributed by atoms with Crippen molar-refractivity contribution < 1.29 is 32.5 Å². The van der Waals surface area contributed by atoms with Crippen LogP contribution in [0.4, 0.5) is 4.39 Å². The average molecular weight is 489 g/mol. The standard InChI is InChI=1S/C28H24FNO6/c1-15-30-22-8-4-18(13-26(22)34-15)35-23-10-7-21(29)28-20(23)6-9-24(28)36-17-3-5-19-16(11-27(31)32-2)14-33-25(19)12-17/h3-5,7-8,10,12-13,16,24H,6,9,11,14H2,1-2H3/t16?,24-/m1/s1. The Bertz CT molecular complexity index is 1480. The van der Waals surface area contributed by atoms with E-state index < -0.39 is 6.10 Å². The van der Waals surface area contributed by atoms with Crippen LogP contribution >= 0.6 is 0 Å². The number of oxazole rings is 1. The normalized spacial score (nSPS) is 18.0. The summed E-state index contributed by atoms with van der Waals surface area (Å²) in [4.78, 5) is 16.0. The molecule has 2 aliphatic rings. The number of rotatable bonds is 6. The first kappa shape index (κ1) is 22.4. The summed E-state index contributed by atoms with van der Waals surface area (Å²) in [5.41, 5.74) is 3.64. The SMILES string of the molecule is COC(=O)CC1COc2cc(O[C@@H]3CCc4c(Oc5ccc6nc(C)oc6c5)ccc(F)c43)ccc21. The van der Waals surface area contributed by atoms with Crippen LogP contribution in [0, 0.1) is 12.7 Å². The third kappa shape index (κ3) is 4.02. The Kier molecular flexibility index (Phi) is 5.51. The number of esters is 1. The first-order valence-corrected chi connectivity index (χ1v) is 11.8. The minimum absolute atomic E-state index is 0.0500. The monoisotopic (exact) mass is 489 g/mol. The van der Waals surface area contributed by atoms with Gasteiger partial charge in [-0.25, -0.2) is 9.37 Å². The minimum atomic E-state index is -0.451. The third-order valence-corrected chi connectivity index (χ3v) is 6.72. The van der Waals surface area contributed by atoms with Crippen molar-refractivity contribution >= 4 is 17.1 Å². The number of nitrogens with zero attached hydrogens (tertiary/aromatic N) is 1. The van der Waals surface area contributed by atoms with Crippen molar-refractivity contribution in [3.05, 3.63) is 76.9 Å². The van der Waals surface area contributed by atoms with Gasteiger partial charge in [0.05, 0.1) is 20.1 Å². The van der Waals surface area contributed by atoms with E-state index in [1.165, 1.54) is 13.2 Å². The Hall–Kier alpha value is -4.07. The summed E-state index contributed by atoms with van der Waals surface area (Å²) in [5, 5.41) is 0. The van der Waals surface area contributed by atoms with Crippen LogP contribution in [0.25, 0.3) is 11.1 Å². The van der Waals surface area contributed by atoms with Crippen LogP contribution in [0.1, 0.15) is 47.4 Å². The fraction of sp³-hybridized carbons (Fsp3) is 0.286. The highest BCUT2D eigenvalue weighted by Gasteiger charge is 2.32. The van der Waals surface area contributed by atoms with Crippen LogP contribution in [0.15, 0.2) is 52.9 Å². The molecular formula is C28H24FNO6. The van der Waals surface area contributed by atoms with Gasteiger partial charge in [-0.05, 0) is 43.2 Å². The molecule has 0 bridgehead atoms. The summed E-state index contributed by atoms with van der Waals surface area (Å²) in [6.45, 7) is 2.20. The lowest BCUT2D eigenvalue weighted by Crippen LogP contribution is -2.09. The predicted molar refractivity (Wildman–Crippen MR) is 128 cm³/mol. The lowest BCUT2D eigenvalue weighted by molar-refractivity contribution is -0.141. The molecule has 1 aliphatic heterocycles. The van der Waals surface area contributed by atoms with Gasteiger partial charge in [-0.1, -0.05) is 6.07 Å². The van der Waals surface area contributed by atoms with Crippen molar-refractivity contribution in [3.8, 4) is 23.0 Å². The van der Waals surface area contributed by atoms with Crippen molar-refractivity contribution in [2.45, 2.75) is 38.2 Å². The number of aromatic nitrogens is 1. The van der Waals surface area contributed by atoms with Crippen molar-refractivity contribution in [3.63, 3.8) is 0 Å². The minimum Gasteiger partial charge on any atom is -0.492 e. The van der Waals surface area contributed by atoms with Crippen LogP contribution in [-0.4, -0.2) is 24.7 Å². The highest BCUT2D eigenvalue weighted by atomic mass is 19.1. The molecule has 2 heterocycles. The highest BCUT2D eigenvalue weighted by molar-refractivity contribution is 5.74.